The first-order valence-electron chi connectivity index (χ1n) is 5.71. The lowest BCUT2D eigenvalue weighted by Gasteiger charge is -2.04. The average molecular weight is 291 g/mol. The van der Waals surface area contributed by atoms with E-state index in [-0.39, 0.29) is 0 Å². The number of aromatic nitrogens is 4. The fraction of sp³-hybridized carbons (Fsp3) is 0.154. The van der Waals surface area contributed by atoms with Gasteiger partial charge >= 0.3 is 0 Å². The molecule has 0 unspecified atom stereocenters. The zero-order chi connectivity index (χ0) is 13.4. The second-order valence-electron chi connectivity index (χ2n) is 4.13. The molecule has 0 saturated heterocycles. The zero-order valence-electron chi connectivity index (χ0n) is 10.5. The Balaban J connectivity index is 2.24. The summed E-state index contributed by atoms with van der Waals surface area (Å²) in [6, 6.07) is 8.11. The molecule has 2 heterocycles. The summed E-state index contributed by atoms with van der Waals surface area (Å²) in [7, 11) is 0. The molecule has 3 aromatic rings. The van der Waals surface area contributed by atoms with Crippen LogP contribution in [0.4, 0.5) is 0 Å². The van der Waals surface area contributed by atoms with Crippen molar-refractivity contribution in [1.82, 2.24) is 19.7 Å². The molecule has 0 atom stereocenters. The minimum absolute atomic E-state index is 0.438. The first kappa shape index (κ1) is 12.4. The van der Waals surface area contributed by atoms with E-state index >= 15 is 0 Å². The third kappa shape index (κ3) is 2.19. The number of hydrogen-bond donors (Lipinski definition) is 0. The molecule has 0 aliphatic carbocycles. The lowest BCUT2D eigenvalue weighted by atomic mass is 10.2. The van der Waals surface area contributed by atoms with Gasteiger partial charge in [0.15, 0.2) is 10.8 Å². The Morgan fingerprint density at radius 2 is 1.89 bits per heavy atom. The van der Waals surface area contributed by atoms with E-state index in [0.717, 1.165) is 16.7 Å². The summed E-state index contributed by atoms with van der Waals surface area (Å²) in [5.41, 5.74) is 2.90. The van der Waals surface area contributed by atoms with Gasteiger partial charge in [-0.3, -0.25) is 0 Å². The van der Waals surface area contributed by atoms with Crippen LogP contribution in [0, 0.1) is 6.92 Å². The molecule has 96 valence electrons. The average Bonchev–Trinajstić information content (AvgIpc) is 2.84. The quantitative estimate of drug-likeness (QED) is 0.412. The lowest BCUT2D eigenvalue weighted by molar-refractivity contribution is 0.877. The number of halogens is 1. The monoisotopic (exact) mass is 290 g/mol. The second kappa shape index (κ2) is 4.83. The van der Waals surface area contributed by atoms with Crippen molar-refractivity contribution in [2.75, 3.05) is 6.26 Å². The van der Waals surface area contributed by atoms with Crippen LogP contribution in [0.3, 0.4) is 0 Å². The molecule has 19 heavy (non-hydrogen) atoms. The van der Waals surface area contributed by atoms with E-state index in [1.165, 1.54) is 17.3 Å². The molecule has 0 aliphatic heterocycles. The highest BCUT2D eigenvalue weighted by Crippen LogP contribution is 2.25. The van der Waals surface area contributed by atoms with Crippen molar-refractivity contribution < 1.29 is 0 Å². The van der Waals surface area contributed by atoms with Crippen LogP contribution in [0.5, 0.6) is 0 Å². The van der Waals surface area contributed by atoms with Crippen molar-refractivity contribution in [3.05, 3.63) is 41.2 Å². The highest BCUT2D eigenvalue weighted by molar-refractivity contribution is 7.98. The summed E-state index contributed by atoms with van der Waals surface area (Å²) in [6.07, 6.45) is 3.62. The van der Waals surface area contributed by atoms with Crippen molar-refractivity contribution in [3.8, 4) is 5.69 Å². The fourth-order valence-electron chi connectivity index (χ4n) is 1.82. The molecule has 0 aliphatic rings. The van der Waals surface area contributed by atoms with E-state index in [9.17, 15) is 0 Å². The van der Waals surface area contributed by atoms with Gasteiger partial charge in [-0.05, 0) is 25.3 Å². The molecule has 0 fully saturated rings. The number of hydrogen-bond acceptors (Lipinski definition) is 4. The minimum Gasteiger partial charge on any atom is -0.215 e. The van der Waals surface area contributed by atoms with Gasteiger partial charge in [0.2, 0.25) is 0 Å². The molecule has 0 saturated carbocycles. The summed E-state index contributed by atoms with van der Waals surface area (Å²) in [5.74, 6) is 0. The van der Waals surface area contributed by atoms with Crippen LogP contribution in [-0.2, 0) is 0 Å². The summed E-state index contributed by atoms with van der Waals surface area (Å²) < 4.78 is 1.78. The normalized spacial score (nSPS) is 11.1. The standard InChI is InChI=1S/C13H11ClN4S/c1-8-3-5-9(6-4-8)18-12-10(7-15-18)11(14)16-13(17-12)19-2/h3-7H,1-2H3. The number of thioether (sulfide) groups is 1. The topological polar surface area (TPSA) is 43.6 Å². The Bertz CT molecular complexity index is 736. The smallest absolute Gasteiger partial charge is 0.190 e. The molecule has 1 aromatic carbocycles. The van der Waals surface area contributed by atoms with Gasteiger partial charge in [-0.2, -0.15) is 5.10 Å². The first-order chi connectivity index (χ1) is 9.19. The highest BCUT2D eigenvalue weighted by Gasteiger charge is 2.12. The molecule has 0 spiro atoms. The van der Waals surface area contributed by atoms with Crippen LogP contribution in [0.15, 0.2) is 35.6 Å². The third-order valence-electron chi connectivity index (χ3n) is 2.82. The van der Waals surface area contributed by atoms with Gasteiger partial charge in [-0.1, -0.05) is 41.1 Å². The Morgan fingerprint density at radius 1 is 1.16 bits per heavy atom. The highest BCUT2D eigenvalue weighted by atomic mass is 35.5. The fourth-order valence-corrected chi connectivity index (χ4v) is 2.44. The molecule has 3 rings (SSSR count). The molecule has 0 N–H and O–H groups in total. The molecule has 0 bridgehead atoms. The van der Waals surface area contributed by atoms with E-state index in [0.29, 0.717) is 10.3 Å². The van der Waals surface area contributed by atoms with Gasteiger partial charge in [0.05, 0.1) is 17.3 Å². The third-order valence-corrected chi connectivity index (χ3v) is 3.66. The van der Waals surface area contributed by atoms with Gasteiger partial charge < -0.3 is 0 Å². The Morgan fingerprint density at radius 3 is 2.58 bits per heavy atom. The predicted molar refractivity (Wildman–Crippen MR) is 78.2 cm³/mol. The van der Waals surface area contributed by atoms with Crippen LogP contribution < -0.4 is 0 Å². The zero-order valence-corrected chi connectivity index (χ0v) is 12.0. The van der Waals surface area contributed by atoms with E-state index in [1.54, 1.807) is 10.9 Å². The molecule has 4 nitrogen and oxygen atoms in total. The van der Waals surface area contributed by atoms with Crippen LogP contribution in [0.2, 0.25) is 5.15 Å². The van der Waals surface area contributed by atoms with Gasteiger partial charge in [0, 0.05) is 0 Å². The summed E-state index contributed by atoms with van der Waals surface area (Å²) in [6.45, 7) is 2.05. The van der Waals surface area contributed by atoms with Gasteiger partial charge in [-0.15, -0.1) is 0 Å². The number of rotatable bonds is 2. The first-order valence-corrected chi connectivity index (χ1v) is 7.31. The number of nitrogens with zero attached hydrogens (tertiary/aromatic N) is 4. The van der Waals surface area contributed by atoms with E-state index < -0.39 is 0 Å². The molecule has 0 amide bonds. The predicted octanol–water partition coefficient (Wildman–Crippen LogP) is 3.50. The Kier molecular flexibility index (Phi) is 3.16. The Hall–Kier alpha value is -1.59. The van der Waals surface area contributed by atoms with Crippen molar-refractivity contribution in [2.45, 2.75) is 12.1 Å². The summed E-state index contributed by atoms with van der Waals surface area (Å²) >= 11 is 7.61. The maximum absolute atomic E-state index is 6.15. The van der Waals surface area contributed by atoms with Crippen molar-refractivity contribution >= 4 is 34.4 Å². The molecule has 2 aromatic heterocycles. The second-order valence-corrected chi connectivity index (χ2v) is 5.26. The number of fused-ring (bicyclic) bond motifs is 1. The molecule has 0 radical (unpaired) electrons. The van der Waals surface area contributed by atoms with Gasteiger partial charge in [0.25, 0.3) is 0 Å². The molecular formula is C13H11ClN4S. The van der Waals surface area contributed by atoms with Crippen LogP contribution >= 0.6 is 23.4 Å². The lowest BCUT2D eigenvalue weighted by Crippen LogP contribution is -1.99. The largest absolute Gasteiger partial charge is 0.215 e. The van der Waals surface area contributed by atoms with Crippen molar-refractivity contribution in [2.24, 2.45) is 0 Å². The van der Waals surface area contributed by atoms with E-state index in [1.807, 2.05) is 30.5 Å². The van der Waals surface area contributed by atoms with Crippen LogP contribution in [0.25, 0.3) is 16.7 Å². The minimum atomic E-state index is 0.438. The maximum Gasteiger partial charge on any atom is 0.190 e. The summed E-state index contributed by atoms with van der Waals surface area (Å²) in [4.78, 5) is 8.69. The maximum atomic E-state index is 6.15. The van der Waals surface area contributed by atoms with E-state index in [2.05, 4.69) is 22.0 Å². The number of benzene rings is 1. The SMILES string of the molecule is CSc1nc(Cl)c2cnn(-c3ccc(C)cc3)c2n1. The molecule has 6 heteroatoms. The van der Waals surface area contributed by atoms with Gasteiger partial charge in [-0.25, -0.2) is 14.6 Å². The van der Waals surface area contributed by atoms with E-state index in [4.69, 9.17) is 11.6 Å². The van der Waals surface area contributed by atoms with Crippen LogP contribution in [-0.4, -0.2) is 26.0 Å². The van der Waals surface area contributed by atoms with Crippen LogP contribution in [0.1, 0.15) is 5.56 Å². The number of aryl methyl sites for hydroxylation is 1. The molecular weight excluding hydrogens is 280 g/mol. The summed E-state index contributed by atoms with van der Waals surface area (Å²) in [5, 5.41) is 6.20. The van der Waals surface area contributed by atoms with Crippen molar-refractivity contribution in [1.29, 1.82) is 0 Å². The van der Waals surface area contributed by atoms with Crippen molar-refractivity contribution in [3.63, 3.8) is 0 Å². The Labute approximate surface area is 119 Å². The van der Waals surface area contributed by atoms with Gasteiger partial charge in [0.1, 0.15) is 5.15 Å².